The Balaban J connectivity index is 1.59. The Hall–Kier alpha value is -3.16. The molecule has 28 heavy (non-hydrogen) atoms. The molecule has 144 valence electrons. The third kappa shape index (κ3) is 5.42. The molecule has 7 heteroatoms. The van der Waals surface area contributed by atoms with Crippen molar-refractivity contribution in [3.05, 3.63) is 89.9 Å². The van der Waals surface area contributed by atoms with Gasteiger partial charge in [0.25, 0.3) is 0 Å². The van der Waals surface area contributed by atoms with E-state index in [-0.39, 0.29) is 17.3 Å². The van der Waals surface area contributed by atoms with Crippen LogP contribution in [0.25, 0.3) is 6.08 Å². The molecule has 0 unspecified atom stereocenters. The SMILES string of the molecule is Cc1cccc(/C=C/C(=O)Nc2ccc(S(=O)(=O)NCc3ccco3)cc2)c1. The summed E-state index contributed by atoms with van der Waals surface area (Å²) in [4.78, 5) is 12.2. The molecule has 6 nitrogen and oxygen atoms in total. The van der Waals surface area contributed by atoms with Gasteiger partial charge in [-0.25, -0.2) is 13.1 Å². The Kier molecular flexibility index (Phi) is 6.08. The van der Waals surface area contributed by atoms with Gasteiger partial charge in [-0.05, 0) is 55.0 Å². The van der Waals surface area contributed by atoms with Gasteiger partial charge in [0.15, 0.2) is 0 Å². The first-order valence-corrected chi connectivity index (χ1v) is 10.1. The molecular formula is C21H20N2O4S. The average Bonchev–Trinajstić information content (AvgIpc) is 3.19. The normalized spacial score (nSPS) is 11.6. The van der Waals surface area contributed by atoms with Crippen LogP contribution in [0.2, 0.25) is 0 Å². The molecule has 0 aliphatic carbocycles. The summed E-state index contributed by atoms with van der Waals surface area (Å²) in [7, 11) is -3.67. The fourth-order valence-corrected chi connectivity index (χ4v) is 3.50. The summed E-state index contributed by atoms with van der Waals surface area (Å²) in [5.74, 6) is 0.223. The van der Waals surface area contributed by atoms with Gasteiger partial charge >= 0.3 is 0 Å². The van der Waals surface area contributed by atoms with Crippen molar-refractivity contribution in [2.24, 2.45) is 0 Å². The Bertz CT molecular complexity index is 1070. The van der Waals surface area contributed by atoms with E-state index in [2.05, 4.69) is 10.0 Å². The second kappa shape index (κ2) is 8.69. The van der Waals surface area contributed by atoms with Crippen LogP contribution >= 0.6 is 0 Å². The van der Waals surface area contributed by atoms with Gasteiger partial charge in [0.05, 0.1) is 17.7 Å². The van der Waals surface area contributed by atoms with Crippen molar-refractivity contribution in [1.82, 2.24) is 4.72 Å². The third-order valence-corrected chi connectivity index (χ3v) is 5.34. The number of sulfonamides is 1. The number of aryl methyl sites for hydroxylation is 1. The smallest absolute Gasteiger partial charge is 0.248 e. The Morgan fingerprint density at radius 1 is 1.07 bits per heavy atom. The number of carbonyl (C=O) groups is 1. The molecule has 0 saturated heterocycles. The number of furan rings is 1. The first kappa shape index (κ1) is 19.6. The van der Waals surface area contributed by atoms with Gasteiger partial charge < -0.3 is 9.73 Å². The number of hydrogen-bond acceptors (Lipinski definition) is 4. The van der Waals surface area contributed by atoms with Gasteiger partial charge in [-0.2, -0.15) is 0 Å². The molecule has 0 atom stereocenters. The van der Waals surface area contributed by atoms with E-state index in [0.29, 0.717) is 11.4 Å². The molecule has 2 aromatic carbocycles. The molecule has 0 fully saturated rings. The molecule has 0 aliphatic heterocycles. The van der Waals surface area contributed by atoms with Crippen molar-refractivity contribution in [1.29, 1.82) is 0 Å². The van der Waals surface area contributed by atoms with Crippen LogP contribution in [0.3, 0.4) is 0 Å². The number of amides is 1. The van der Waals surface area contributed by atoms with Crippen LogP contribution in [0.1, 0.15) is 16.9 Å². The topological polar surface area (TPSA) is 88.4 Å². The molecule has 2 N–H and O–H groups in total. The van der Waals surface area contributed by atoms with Crippen molar-refractivity contribution in [2.75, 3.05) is 5.32 Å². The zero-order valence-electron chi connectivity index (χ0n) is 15.3. The maximum atomic E-state index is 12.3. The summed E-state index contributed by atoms with van der Waals surface area (Å²) in [6.45, 7) is 2.05. The highest BCUT2D eigenvalue weighted by Gasteiger charge is 2.14. The van der Waals surface area contributed by atoms with E-state index in [1.807, 2.05) is 31.2 Å². The predicted octanol–water partition coefficient (Wildman–Crippen LogP) is 3.72. The van der Waals surface area contributed by atoms with Gasteiger partial charge in [-0.3, -0.25) is 4.79 Å². The van der Waals surface area contributed by atoms with Crippen LogP contribution in [0.4, 0.5) is 5.69 Å². The van der Waals surface area contributed by atoms with E-state index in [9.17, 15) is 13.2 Å². The third-order valence-electron chi connectivity index (χ3n) is 3.92. The van der Waals surface area contributed by atoms with Crippen LogP contribution in [0.5, 0.6) is 0 Å². The highest BCUT2D eigenvalue weighted by Crippen LogP contribution is 2.15. The minimum atomic E-state index is -3.67. The zero-order valence-corrected chi connectivity index (χ0v) is 16.1. The van der Waals surface area contributed by atoms with Crippen molar-refractivity contribution in [2.45, 2.75) is 18.4 Å². The van der Waals surface area contributed by atoms with Gasteiger partial charge in [0.1, 0.15) is 5.76 Å². The van der Waals surface area contributed by atoms with Crippen LogP contribution in [0, 0.1) is 6.92 Å². The molecule has 0 bridgehead atoms. The lowest BCUT2D eigenvalue weighted by atomic mass is 10.1. The quantitative estimate of drug-likeness (QED) is 0.596. The maximum absolute atomic E-state index is 12.3. The Morgan fingerprint density at radius 3 is 2.54 bits per heavy atom. The lowest BCUT2D eigenvalue weighted by Crippen LogP contribution is -2.23. The zero-order chi connectivity index (χ0) is 20.0. The number of anilines is 1. The molecule has 1 heterocycles. The Morgan fingerprint density at radius 2 is 1.86 bits per heavy atom. The van der Waals surface area contributed by atoms with Crippen LogP contribution in [-0.2, 0) is 21.4 Å². The standard InChI is InChI=1S/C21H20N2O4S/c1-16-4-2-5-17(14-16)7-12-21(24)23-18-8-10-20(11-9-18)28(25,26)22-15-19-6-3-13-27-19/h2-14,22H,15H2,1H3,(H,23,24)/b12-7+. The monoisotopic (exact) mass is 396 g/mol. The minimum absolute atomic E-state index is 0.0670. The van der Waals surface area contributed by atoms with E-state index < -0.39 is 10.0 Å². The Labute approximate surface area is 163 Å². The largest absolute Gasteiger partial charge is 0.468 e. The molecule has 1 amide bonds. The van der Waals surface area contributed by atoms with Crippen molar-refractivity contribution in [3.8, 4) is 0 Å². The van der Waals surface area contributed by atoms with Crippen molar-refractivity contribution in [3.63, 3.8) is 0 Å². The minimum Gasteiger partial charge on any atom is -0.468 e. The molecular weight excluding hydrogens is 376 g/mol. The van der Waals surface area contributed by atoms with E-state index in [1.54, 1.807) is 30.3 Å². The van der Waals surface area contributed by atoms with Gasteiger partial charge in [-0.1, -0.05) is 29.8 Å². The van der Waals surface area contributed by atoms with E-state index in [1.165, 1.54) is 24.5 Å². The predicted molar refractivity (Wildman–Crippen MR) is 108 cm³/mol. The average molecular weight is 396 g/mol. The summed E-state index contributed by atoms with van der Waals surface area (Å²) >= 11 is 0. The van der Waals surface area contributed by atoms with E-state index >= 15 is 0 Å². The molecule has 3 aromatic rings. The number of carbonyl (C=O) groups excluding carboxylic acids is 1. The van der Waals surface area contributed by atoms with E-state index in [0.717, 1.165) is 11.1 Å². The molecule has 0 aliphatic rings. The first-order chi connectivity index (χ1) is 13.4. The second-order valence-electron chi connectivity index (χ2n) is 6.17. The molecule has 0 spiro atoms. The van der Waals surface area contributed by atoms with Crippen molar-refractivity contribution < 1.29 is 17.6 Å². The lowest BCUT2D eigenvalue weighted by Gasteiger charge is -2.07. The first-order valence-electron chi connectivity index (χ1n) is 8.60. The van der Waals surface area contributed by atoms with Gasteiger partial charge in [0.2, 0.25) is 15.9 Å². The summed E-state index contributed by atoms with van der Waals surface area (Å²) < 4.78 is 32.2. The number of rotatable bonds is 7. The molecule has 0 saturated carbocycles. The summed E-state index contributed by atoms with van der Waals surface area (Å²) in [6, 6.07) is 17.1. The highest BCUT2D eigenvalue weighted by molar-refractivity contribution is 7.89. The summed E-state index contributed by atoms with van der Waals surface area (Å²) in [5.41, 5.74) is 2.54. The van der Waals surface area contributed by atoms with Crippen LogP contribution < -0.4 is 10.0 Å². The van der Waals surface area contributed by atoms with E-state index in [4.69, 9.17) is 4.42 Å². The summed E-state index contributed by atoms with van der Waals surface area (Å²) in [6.07, 6.45) is 4.64. The number of hydrogen-bond donors (Lipinski definition) is 2. The second-order valence-corrected chi connectivity index (χ2v) is 7.93. The van der Waals surface area contributed by atoms with Gasteiger partial charge in [0, 0.05) is 11.8 Å². The fourth-order valence-electron chi connectivity index (χ4n) is 2.51. The highest BCUT2D eigenvalue weighted by atomic mass is 32.2. The fraction of sp³-hybridized carbons (Fsp3) is 0.0952. The molecule has 0 radical (unpaired) electrons. The van der Waals surface area contributed by atoms with Gasteiger partial charge in [-0.15, -0.1) is 0 Å². The molecule has 1 aromatic heterocycles. The maximum Gasteiger partial charge on any atom is 0.248 e. The number of benzene rings is 2. The molecule has 3 rings (SSSR count). The van der Waals surface area contributed by atoms with Crippen LogP contribution in [-0.4, -0.2) is 14.3 Å². The summed E-state index contributed by atoms with van der Waals surface area (Å²) in [5, 5.41) is 2.70. The van der Waals surface area contributed by atoms with Crippen molar-refractivity contribution >= 4 is 27.7 Å². The lowest BCUT2D eigenvalue weighted by molar-refractivity contribution is -0.111. The number of nitrogens with one attached hydrogen (secondary N) is 2. The van der Waals surface area contributed by atoms with Crippen LogP contribution in [0.15, 0.2) is 82.3 Å².